The summed E-state index contributed by atoms with van der Waals surface area (Å²) in [6.45, 7) is 2.63. The number of hydrogen-bond donors (Lipinski definition) is 5. The summed E-state index contributed by atoms with van der Waals surface area (Å²) < 4.78 is 11.0. The van der Waals surface area contributed by atoms with Gasteiger partial charge in [-0.2, -0.15) is 5.26 Å². The van der Waals surface area contributed by atoms with Crippen LogP contribution in [0.1, 0.15) is 35.6 Å². The van der Waals surface area contributed by atoms with Crippen LogP contribution in [0.15, 0.2) is 47.5 Å². The monoisotopic (exact) mass is 467 g/mol. The minimum absolute atomic E-state index is 0.00262. The van der Waals surface area contributed by atoms with Crippen LogP contribution in [0.25, 0.3) is 0 Å². The van der Waals surface area contributed by atoms with E-state index in [-0.39, 0.29) is 17.2 Å². The summed E-state index contributed by atoms with van der Waals surface area (Å²) in [5.41, 5.74) is -1.30. The van der Waals surface area contributed by atoms with E-state index in [1.807, 2.05) is 6.07 Å². The normalized spacial score (nSPS) is 24.5. The van der Waals surface area contributed by atoms with E-state index in [0.29, 0.717) is 5.56 Å². The Morgan fingerprint density at radius 2 is 2.06 bits per heavy atom. The van der Waals surface area contributed by atoms with Gasteiger partial charge in [-0.1, -0.05) is 32.0 Å². The molecule has 1 fully saturated rings. The van der Waals surface area contributed by atoms with Crippen molar-refractivity contribution in [2.75, 3.05) is 6.61 Å². The van der Waals surface area contributed by atoms with Crippen molar-refractivity contribution in [2.24, 2.45) is 10.9 Å². The molecule has 34 heavy (non-hydrogen) atoms. The molecule has 1 aliphatic heterocycles. The molecule has 3 rings (SSSR count). The summed E-state index contributed by atoms with van der Waals surface area (Å²) in [4.78, 5) is 31.4. The number of amides is 1. The number of esters is 1. The predicted molar refractivity (Wildman–Crippen MR) is 120 cm³/mol. The molecular weight excluding hydrogens is 442 g/mol. The molecule has 11 heteroatoms. The average Bonchev–Trinajstić information content (AvgIpc) is 3.43. The van der Waals surface area contributed by atoms with Gasteiger partial charge in [0.25, 0.3) is 5.91 Å². The molecule has 0 spiro atoms. The highest BCUT2D eigenvalue weighted by Gasteiger charge is 2.58. The zero-order valence-electron chi connectivity index (χ0n) is 18.6. The Kier molecular flexibility index (Phi) is 7.57. The quantitative estimate of drug-likeness (QED) is 0.227. The second-order valence-electron chi connectivity index (χ2n) is 7.90. The number of ether oxygens (including phenoxy) is 2. The number of aromatic amines is 1. The molecule has 0 unspecified atom stereocenters. The number of nitrogens with zero attached hydrogens (tertiary/aromatic N) is 2. The molecule has 178 valence electrons. The highest BCUT2D eigenvalue weighted by atomic mass is 16.6. The van der Waals surface area contributed by atoms with Crippen molar-refractivity contribution in [3.63, 3.8) is 0 Å². The molecule has 5 N–H and O–H groups in total. The fourth-order valence-corrected chi connectivity index (χ4v) is 3.49. The third-order valence-electron chi connectivity index (χ3n) is 5.30. The topological polar surface area (TPSA) is 181 Å². The molecule has 11 nitrogen and oxygen atoms in total. The van der Waals surface area contributed by atoms with Gasteiger partial charge in [-0.3, -0.25) is 15.0 Å². The molecule has 1 aromatic carbocycles. The zero-order chi connectivity index (χ0) is 24.9. The van der Waals surface area contributed by atoms with Crippen molar-refractivity contribution in [2.45, 2.75) is 37.8 Å². The van der Waals surface area contributed by atoms with Gasteiger partial charge in [-0.25, -0.2) is 4.99 Å². The highest BCUT2D eigenvalue weighted by molar-refractivity contribution is 6.13. The van der Waals surface area contributed by atoms with Crippen molar-refractivity contribution in [1.82, 2.24) is 10.3 Å². The minimum Gasteiger partial charge on any atom is -0.456 e. The molecular formula is C23H25N5O6. The van der Waals surface area contributed by atoms with E-state index in [1.54, 1.807) is 44.2 Å². The fourth-order valence-electron chi connectivity index (χ4n) is 3.49. The molecule has 1 saturated heterocycles. The van der Waals surface area contributed by atoms with Crippen LogP contribution >= 0.6 is 0 Å². The number of hydrogen-bond acceptors (Lipinski definition) is 8. The minimum atomic E-state index is -1.99. The Morgan fingerprint density at radius 3 is 2.65 bits per heavy atom. The van der Waals surface area contributed by atoms with E-state index in [2.05, 4.69) is 15.3 Å². The van der Waals surface area contributed by atoms with Gasteiger partial charge in [0.15, 0.2) is 11.9 Å². The number of aliphatic imine (C=N–C) groups is 1. The summed E-state index contributed by atoms with van der Waals surface area (Å²) in [7, 11) is 0. The molecule has 0 saturated carbocycles. The molecule has 2 aromatic rings. The lowest BCUT2D eigenvalue weighted by atomic mass is 9.92. The van der Waals surface area contributed by atoms with Gasteiger partial charge in [0.1, 0.15) is 24.6 Å². The van der Waals surface area contributed by atoms with Gasteiger partial charge in [-0.05, 0) is 24.3 Å². The summed E-state index contributed by atoms with van der Waals surface area (Å²) in [5.74, 6) is -1.58. The van der Waals surface area contributed by atoms with E-state index in [9.17, 15) is 25.1 Å². The van der Waals surface area contributed by atoms with E-state index in [1.165, 1.54) is 12.1 Å². The summed E-state index contributed by atoms with van der Waals surface area (Å²) in [6.07, 6.45) is -3.30. The molecule has 4 atom stereocenters. The first-order valence-electron chi connectivity index (χ1n) is 10.5. The largest absolute Gasteiger partial charge is 0.456 e. The molecule has 0 radical (unpaired) electrons. The molecule has 2 heterocycles. The second-order valence-corrected chi connectivity index (χ2v) is 7.90. The predicted octanol–water partition coefficient (Wildman–Crippen LogP) is 0.837. The van der Waals surface area contributed by atoms with Crippen LogP contribution < -0.4 is 5.32 Å². The van der Waals surface area contributed by atoms with Gasteiger partial charge in [0.05, 0.1) is 23.9 Å². The van der Waals surface area contributed by atoms with Crippen molar-refractivity contribution >= 4 is 24.1 Å². The Labute approximate surface area is 195 Å². The maximum absolute atomic E-state index is 12.5. The number of amidine groups is 1. The van der Waals surface area contributed by atoms with Crippen LogP contribution in [-0.4, -0.2) is 64.2 Å². The lowest BCUT2D eigenvalue weighted by Gasteiger charge is -2.24. The molecule has 1 aromatic heterocycles. The molecule has 0 aliphatic carbocycles. The number of carbonyl (C=O) groups excluding carboxylic acids is 2. The molecule has 1 aliphatic rings. The van der Waals surface area contributed by atoms with E-state index >= 15 is 0 Å². The molecule has 1 amide bonds. The van der Waals surface area contributed by atoms with Crippen LogP contribution in [-0.2, 0) is 19.9 Å². The first kappa shape index (κ1) is 24.8. The number of nitriles is 1. The van der Waals surface area contributed by atoms with Crippen LogP contribution in [0.4, 0.5) is 0 Å². The number of aliphatic hydroxyl groups is 2. The van der Waals surface area contributed by atoms with Crippen molar-refractivity contribution in [3.05, 3.63) is 59.4 Å². The zero-order valence-corrected chi connectivity index (χ0v) is 18.6. The Bertz CT molecular complexity index is 1120. The Balaban J connectivity index is 1.90. The van der Waals surface area contributed by atoms with E-state index in [0.717, 1.165) is 6.34 Å². The van der Waals surface area contributed by atoms with Crippen LogP contribution in [0.3, 0.4) is 0 Å². The SMILES string of the molecule is CC(C)C(=O)O[C@H]1[C@@H](O)[C@](C#N)(c2ccc(C(=NC=N)NC(=O)c3ccccc3)[nH]2)O[C@@H]1CO. The maximum atomic E-state index is 12.5. The lowest BCUT2D eigenvalue weighted by molar-refractivity contribution is -0.160. The number of H-pyrrole nitrogens is 1. The van der Waals surface area contributed by atoms with Gasteiger partial charge < -0.3 is 30.0 Å². The third kappa shape index (κ3) is 4.74. The smallest absolute Gasteiger partial charge is 0.308 e. The second kappa shape index (κ2) is 10.4. The summed E-state index contributed by atoms with van der Waals surface area (Å²) in [6, 6.07) is 13.2. The first-order valence-corrected chi connectivity index (χ1v) is 10.5. The number of aromatic nitrogens is 1. The van der Waals surface area contributed by atoms with E-state index < -0.39 is 48.3 Å². The number of benzene rings is 1. The summed E-state index contributed by atoms with van der Waals surface area (Å²) in [5, 5.41) is 40.5. The van der Waals surface area contributed by atoms with Gasteiger partial charge in [0.2, 0.25) is 5.60 Å². The maximum Gasteiger partial charge on any atom is 0.308 e. The van der Waals surface area contributed by atoms with Crippen molar-refractivity contribution < 1.29 is 29.3 Å². The summed E-state index contributed by atoms with van der Waals surface area (Å²) >= 11 is 0. The number of rotatable bonds is 7. The first-order chi connectivity index (χ1) is 16.3. The number of carbonyl (C=O) groups is 2. The van der Waals surface area contributed by atoms with Gasteiger partial charge in [-0.15, -0.1) is 0 Å². The van der Waals surface area contributed by atoms with Gasteiger partial charge in [0, 0.05) is 5.56 Å². The highest BCUT2D eigenvalue weighted by Crippen LogP contribution is 2.40. The molecule has 0 bridgehead atoms. The number of aliphatic hydroxyl groups excluding tert-OH is 2. The van der Waals surface area contributed by atoms with Crippen LogP contribution in [0, 0.1) is 22.7 Å². The standard InChI is InChI=1S/C23H25N5O6/c1-13(2)22(32)33-18-16(10-29)34-23(11-24,19(18)30)17-9-8-15(27-17)20(26-12-25)28-21(31)14-6-4-3-5-7-14/h3-9,12-13,16,18-19,27,29-30H,10H2,1-2H3,(H2,25,26,28,31)/t16-,18-,19-,23+/m1/s1. The Hall–Kier alpha value is -3.85. The lowest BCUT2D eigenvalue weighted by Crippen LogP contribution is -2.43. The van der Waals surface area contributed by atoms with Crippen molar-refractivity contribution in [3.8, 4) is 6.07 Å². The van der Waals surface area contributed by atoms with Crippen LogP contribution in [0.2, 0.25) is 0 Å². The fraction of sp³-hybridized carbons (Fsp3) is 0.348. The average molecular weight is 467 g/mol. The third-order valence-corrected chi connectivity index (χ3v) is 5.30. The van der Waals surface area contributed by atoms with Crippen LogP contribution in [0.5, 0.6) is 0 Å². The Morgan fingerprint density at radius 1 is 1.35 bits per heavy atom. The van der Waals surface area contributed by atoms with Crippen molar-refractivity contribution in [1.29, 1.82) is 10.7 Å². The van der Waals surface area contributed by atoms with Gasteiger partial charge >= 0.3 is 5.97 Å². The van der Waals surface area contributed by atoms with E-state index in [4.69, 9.17) is 14.9 Å². The number of nitrogens with one attached hydrogen (secondary N) is 3.